The summed E-state index contributed by atoms with van der Waals surface area (Å²) in [5.74, 6) is -1.97. The molecular formula is C10H14N2O6S2. The van der Waals surface area contributed by atoms with Crippen LogP contribution in [0.15, 0.2) is 10.4 Å². The molecule has 0 aliphatic heterocycles. The second-order valence-corrected chi connectivity index (χ2v) is 7.00. The molecule has 10 heteroatoms. The Morgan fingerprint density at radius 1 is 1.55 bits per heavy atom. The first-order valence-corrected chi connectivity index (χ1v) is 7.80. The summed E-state index contributed by atoms with van der Waals surface area (Å²) in [4.78, 5) is 25.8. The van der Waals surface area contributed by atoms with Gasteiger partial charge in [-0.1, -0.05) is 0 Å². The number of esters is 1. The first-order chi connectivity index (χ1) is 9.26. The van der Waals surface area contributed by atoms with E-state index >= 15 is 0 Å². The third-order valence-electron chi connectivity index (χ3n) is 2.33. The summed E-state index contributed by atoms with van der Waals surface area (Å²) in [7, 11) is -2.80. The molecule has 0 spiro atoms. The standard InChI is InChI=1S/C10H14N2O6S2/c1-6-11-5-9(19-6)20(16,17)12-7(10(14)15)3-4-8(13)18-2/h5,7,12H,3-4H2,1-2H3,(H,14,15)/t7-/m1/s1. The fraction of sp³-hybridized carbons (Fsp3) is 0.500. The maximum absolute atomic E-state index is 12.0. The molecule has 0 unspecified atom stereocenters. The molecule has 1 aromatic heterocycles. The van der Waals surface area contributed by atoms with Crippen LogP contribution in [0.25, 0.3) is 0 Å². The van der Waals surface area contributed by atoms with E-state index in [1.807, 2.05) is 4.72 Å². The molecular weight excluding hydrogens is 308 g/mol. The van der Waals surface area contributed by atoms with Crippen LogP contribution in [0, 0.1) is 6.92 Å². The highest BCUT2D eigenvalue weighted by Crippen LogP contribution is 2.18. The Balaban J connectivity index is 2.80. The number of carbonyl (C=O) groups excluding carboxylic acids is 1. The number of nitrogens with zero attached hydrogens (tertiary/aromatic N) is 1. The second kappa shape index (κ2) is 6.77. The summed E-state index contributed by atoms with van der Waals surface area (Å²) in [5, 5.41) is 9.53. The van der Waals surface area contributed by atoms with Gasteiger partial charge >= 0.3 is 11.9 Å². The van der Waals surface area contributed by atoms with E-state index in [1.54, 1.807) is 6.92 Å². The molecule has 0 saturated carbocycles. The van der Waals surface area contributed by atoms with Gasteiger partial charge in [0.2, 0.25) is 0 Å². The average molecular weight is 322 g/mol. The van der Waals surface area contributed by atoms with Gasteiger partial charge in [-0.2, -0.15) is 4.72 Å². The van der Waals surface area contributed by atoms with E-state index in [0.29, 0.717) is 5.01 Å². The fourth-order valence-electron chi connectivity index (χ4n) is 1.31. The van der Waals surface area contributed by atoms with Crippen LogP contribution in [-0.4, -0.2) is 43.6 Å². The summed E-state index contributed by atoms with van der Waals surface area (Å²) >= 11 is 0.931. The number of hydrogen-bond acceptors (Lipinski definition) is 7. The van der Waals surface area contributed by atoms with Gasteiger partial charge in [-0.25, -0.2) is 13.4 Å². The number of carboxylic acid groups (broad SMARTS) is 1. The van der Waals surface area contributed by atoms with Gasteiger partial charge in [0.15, 0.2) is 4.21 Å². The molecule has 0 aliphatic rings. The zero-order chi connectivity index (χ0) is 15.3. The number of sulfonamides is 1. The maximum Gasteiger partial charge on any atom is 0.321 e. The normalized spacial score (nSPS) is 12.9. The minimum atomic E-state index is -3.97. The van der Waals surface area contributed by atoms with Crippen LogP contribution in [0.4, 0.5) is 0 Å². The molecule has 0 amide bonds. The lowest BCUT2D eigenvalue weighted by atomic mass is 10.2. The predicted octanol–water partition coefficient (Wildman–Crippen LogP) is 0.136. The Morgan fingerprint density at radius 2 is 2.20 bits per heavy atom. The molecule has 0 aliphatic carbocycles. The van der Waals surface area contributed by atoms with Crippen molar-refractivity contribution in [2.24, 2.45) is 0 Å². The monoisotopic (exact) mass is 322 g/mol. The topological polar surface area (TPSA) is 123 Å². The van der Waals surface area contributed by atoms with Gasteiger partial charge in [0.25, 0.3) is 10.0 Å². The van der Waals surface area contributed by atoms with E-state index in [2.05, 4.69) is 9.72 Å². The number of rotatable bonds is 7. The molecule has 20 heavy (non-hydrogen) atoms. The van der Waals surface area contributed by atoms with Gasteiger partial charge in [0, 0.05) is 6.42 Å². The SMILES string of the molecule is COC(=O)CC[C@@H](NS(=O)(=O)c1cnc(C)s1)C(=O)O. The Labute approximate surface area is 119 Å². The average Bonchev–Trinajstić information content (AvgIpc) is 2.81. The summed E-state index contributed by atoms with van der Waals surface area (Å²) in [5.41, 5.74) is 0. The number of thiazole rings is 1. The molecule has 1 atom stereocenters. The van der Waals surface area contributed by atoms with E-state index in [1.165, 1.54) is 7.11 Å². The number of aryl methyl sites for hydroxylation is 1. The zero-order valence-electron chi connectivity index (χ0n) is 10.8. The molecule has 0 radical (unpaired) electrons. The first kappa shape index (κ1) is 16.5. The first-order valence-electron chi connectivity index (χ1n) is 5.50. The van der Waals surface area contributed by atoms with Gasteiger partial charge in [-0.15, -0.1) is 11.3 Å². The predicted molar refractivity (Wildman–Crippen MR) is 69.8 cm³/mol. The van der Waals surface area contributed by atoms with Crippen LogP contribution in [0.3, 0.4) is 0 Å². The maximum atomic E-state index is 12.0. The molecule has 2 N–H and O–H groups in total. The van der Waals surface area contributed by atoms with Gasteiger partial charge in [-0.05, 0) is 13.3 Å². The van der Waals surface area contributed by atoms with Crippen molar-refractivity contribution in [3.63, 3.8) is 0 Å². The van der Waals surface area contributed by atoms with E-state index in [-0.39, 0.29) is 17.1 Å². The molecule has 1 heterocycles. The lowest BCUT2D eigenvalue weighted by molar-refractivity contribution is -0.142. The lowest BCUT2D eigenvalue weighted by Gasteiger charge is -2.13. The van der Waals surface area contributed by atoms with E-state index in [9.17, 15) is 18.0 Å². The Hall–Kier alpha value is -1.52. The highest BCUT2D eigenvalue weighted by Gasteiger charge is 2.27. The Morgan fingerprint density at radius 3 is 2.65 bits per heavy atom. The largest absolute Gasteiger partial charge is 0.480 e. The zero-order valence-corrected chi connectivity index (χ0v) is 12.5. The van der Waals surface area contributed by atoms with E-state index in [0.717, 1.165) is 17.5 Å². The molecule has 0 bridgehead atoms. The Bertz CT molecular complexity index is 595. The van der Waals surface area contributed by atoms with E-state index in [4.69, 9.17) is 5.11 Å². The minimum Gasteiger partial charge on any atom is -0.480 e. The van der Waals surface area contributed by atoms with Crippen LogP contribution >= 0.6 is 11.3 Å². The Kier molecular flexibility index (Phi) is 5.60. The number of carbonyl (C=O) groups is 2. The summed E-state index contributed by atoms with van der Waals surface area (Å²) < 4.78 is 30.3. The van der Waals surface area contributed by atoms with Crippen molar-refractivity contribution in [2.75, 3.05) is 7.11 Å². The summed E-state index contributed by atoms with van der Waals surface area (Å²) in [6.07, 6.45) is 0.762. The van der Waals surface area contributed by atoms with Crippen molar-refractivity contribution in [3.8, 4) is 0 Å². The van der Waals surface area contributed by atoms with Gasteiger partial charge in [0.1, 0.15) is 6.04 Å². The number of ether oxygens (including phenoxy) is 1. The van der Waals surface area contributed by atoms with Crippen LogP contribution in [-0.2, 0) is 24.3 Å². The number of aromatic nitrogens is 1. The molecule has 0 saturated heterocycles. The van der Waals surface area contributed by atoms with Gasteiger partial charge in [0.05, 0.1) is 18.3 Å². The van der Waals surface area contributed by atoms with Crippen molar-refractivity contribution in [1.82, 2.24) is 9.71 Å². The summed E-state index contributed by atoms with van der Waals surface area (Å²) in [6, 6.07) is -1.40. The van der Waals surface area contributed by atoms with Crippen molar-refractivity contribution < 1.29 is 27.9 Å². The highest BCUT2D eigenvalue weighted by atomic mass is 32.2. The number of aliphatic carboxylic acids is 1. The highest BCUT2D eigenvalue weighted by molar-refractivity contribution is 7.91. The smallest absolute Gasteiger partial charge is 0.321 e. The quantitative estimate of drug-likeness (QED) is 0.684. The third kappa shape index (κ3) is 4.54. The molecule has 1 aromatic rings. The van der Waals surface area contributed by atoms with Crippen LogP contribution in [0.2, 0.25) is 0 Å². The third-order valence-corrected chi connectivity index (χ3v) is 5.17. The van der Waals surface area contributed by atoms with Crippen molar-refractivity contribution in [1.29, 1.82) is 0 Å². The number of hydrogen-bond donors (Lipinski definition) is 2. The number of carboxylic acids is 1. The fourth-order valence-corrected chi connectivity index (χ4v) is 3.66. The molecule has 112 valence electrons. The van der Waals surface area contributed by atoms with Gasteiger partial charge < -0.3 is 9.84 Å². The van der Waals surface area contributed by atoms with Crippen molar-refractivity contribution in [3.05, 3.63) is 11.2 Å². The van der Waals surface area contributed by atoms with Crippen molar-refractivity contribution >= 4 is 33.3 Å². The van der Waals surface area contributed by atoms with Crippen LogP contribution in [0.1, 0.15) is 17.8 Å². The van der Waals surface area contributed by atoms with Gasteiger partial charge in [-0.3, -0.25) is 9.59 Å². The number of nitrogens with one attached hydrogen (secondary N) is 1. The summed E-state index contributed by atoms with van der Waals surface area (Å²) in [6.45, 7) is 1.63. The second-order valence-electron chi connectivity index (χ2n) is 3.83. The molecule has 1 rings (SSSR count). The van der Waals surface area contributed by atoms with Crippen LogP contribution < -0.4 is 4.72 Å². The van der Waals surface area contributed by atoms with Crippen molar-refractivity contribution in [2.45, 2.75) is 30.0 Å². The lowest BCUT2D eigenvalue weighted by Crippen LogP contribution is -2.40. The van der Waals surface area contributed by atoms with E-state index < -0.39 is 28.0 Å². The molecule has 0 fully saturated rings. The number of methoxy groups -OCH3 is 1. The van der Waals surface area contributed by atoms with Crippen LogP contribution in [0.5, 0.6) is 0 Å². The molecule has 0 aromatic carbocycles. The molecule has 8 nitrogen and oxygen atoms in total. The minimum absolute atomic E-state index is 0.0701.